The standard InChI is InChI=1S/C19H16FNO5/c1-25-16-7-2-12(10-15(16)20)11-26-19(24)13-3-5-14(6-4-13)21-17(22)8-9-18(21)23/h2-7,10H,8-9,11H2,1H3. The topological polar surface area (TPSA) is 72.9 Å². The van der Waals surface area contributed by atoms with Crippen molar-refractivity contribution < 1.29 is 28.2 Å². The van der Waals surface area contributed by atoms with E-state index in [4.69, 9.17) is 9.47 Å². The normalized spacial score (nSPS) is 13.8. The molecule has 7 heteroatoms. The van der Waals surface area contributed by atoms with Crippen LogP contribution in [-0.2, 0) is 20.9 Å². The molecule has 1 aliphatic heterocycles. The van der Waals surface area contributed by atoms with Crippen LogP contribution in [0.15, 0.2) is 42.5 Å². The molecule has 2 amide bonds. The Balaban J connectivity index is 1.64. The summed E-state index contributed by atoms with van der Waals surface area (Å²) in [5.74, 6) is -1.53. The Morgan fingerprint density at radius 2 is 1.73 bits per heavy atom. The fourth-order valence-corrected chi connectivity index (χ4v) is 2.64. The summed E-state index contributed by atoms with van der Waals surface area (Å²) in [6.07, 6.45) is 0.391. The number of ether oxygens (including phenoxy) is 2. The number of benzene rings is 2. The smallest absolute Gasteiger partial charge is 0.338 e. The molecule has 0 unspecified atom stereocenters. The lowest BCUT2D eigenvalue weighted by molar-refractivity contribution is -0.121. The van der Waals surface area contributed by atoms with Crippen LogP contribution in [0.4, 0.5) is 10.1 Å². The van der Waals surface area contributed by atoms with E-state index in [9.17, 15) is 18.8 Å². The number of methoxy groups -OCH3 is 1. The molecule has 2 aromatic rings. The Morgan fingerprint density at radius 3 is 2.31 bits per heavy atom. The summed E-state index contributed by atoms with van der Waals surface area (Å²) in [6, 6.07) is 10.3. The van der Waals surface area contributed by atoms with Gasteiger partial charge in [-0.25, -0.2) is 9.18 Å². The van der Waals surface area contributed by atoms with E-state index in [1.807, 2.05) is 0 Å². The van der Waals surface area contributed by atoms with E-state index in [1.165, 1.54) is 43.5 Å². The van der Waals surface area contributed by atoms with Gasteiger partial charge in [0.05, 0.1) is 18.4 Å². The molecule has 1 fully saturated rings. The number of imide groups is 1. The van der Waals surface area contributed by atoms with Gasteiger partial charge in [-0.2, -0.15) is 0 Å². The van der Waals surface area contributed by atoms with Crippen molar-refractivity contribution >= 4 is 23.5 Å². The molecule has 1 aliphatic rings. The van der Waals surface area contributed by atoms with Crippen molar-refractivity contribution in [1.82, 2.24) is 0 Å². The summed E-state index contributed by atoms with van der Waals surface area (Å²) in [7, 11) is 1.37. The van der Waals surface area contributed by atoms with Gasteiger partial charge in [0.25, 0.3) is 0 Å². The van der Waals surface area contributed by atoms with Crippen LogP contribution in [-0.4, -0.2) is 24.9 Å². The van der Waals surface area contributed by atoms with Crippen molar-refractivity contribution in [3.8, 4) is 5.75 Å². The minimum atomic E-state index is -0.591. The van der Waals surface area contributed by atoms with Gasteiger partial charge < -0.3 is 9.47 Å². The molecule has 0 N–H and O–H groups in total. The third-order valence-corrected chi connectivity index (χ3v) is 4.00. The second-order valence-corrected chi connectivity index (χ2v) is 5.71. The molecule has 1 heterocycles. The highest BCUT2D eigenvalue weighted by atomic mass is 19.1. The first-order valence-corrected chi connectivity index (χ1v) is 7.95. The third kappa shape index (κ3) is 3.56. The molecule has 3 rings (SSSR count). The van der Waals surface area contributed by atoms with Crippen LogP contribution in [0.5, 0.6) is 5.75 Å². The largest absolute Gasteiger partial charge is 0.494 e. The number of rotatable bonds is 5. The number of nitrogens with zero attached hydrogens (tertiary/aromatic N) is 1. The number of halogens is 1. The zero-order chi connectivity index (χ0) is 18.7. The van der Waals surface area contributed by atoms with Gasteiger partial charge in [0, 0.05) is 12.8 Å². The zero-order valence-corrected chi connectivity index (χ0v) is 14.0. The summed E-state index contributed by atoms with van der Waals surface area (Å²) >= 11 is 0. The van der Waals surface area contributed by atoms with E-state index in [0.717, 1.165) is 4.90 Å². The molecule has 1 saturated heterocycles. The number of anilines is 1. The lowest BCUT2D eigenvalue weighted by atomic mass is 10.2. The van der Waals surface area contributed by atoms with Crippen LogP contribution in [0.1, 0.15) is 28.8 Å². The monoisotopic (exact) mass is 357 g/mol. The van der Waals surface area contributed by atoms with Crippen molar-refractivity contribution in [3.05, 3.63) is 59.4 Å². The van der Waals surface area contributed by atoms with Crippen LogP contribution < -0.4 is 9.64 Å². The molecule has 0 aliphatic carbocycles. The lowest BCUT2D eigenvalue weighted by Gasteiger charge is -2.14. The number of hydrogen-bond acceptors (Lipinski definition) is 5. The number of hydrogen-bond donors (Lipinski definition) is 0. The summed E-state index contributed by atoms with van der Waals surface area (Å²) in [4.78, 5) is 36.6. The van der Waals surface area contributed by atoms with E-state index in [1.54, 1.807) is 6.07 Å². The average Bonchev–Trinajstić information content (AvgIpc) is 2.98. The van der Waals surface area contributed by atoms with Crippen LogP contribution in [0, 0.1) is 5.82 Å². The van der Waals surface area contributed by atoms with Crippen molar-refractivity contribution in [2.24, 2.45) is 0 Å². The molecular weight excluding hydrogens is 341 g/mol. The first kappa shape index (κ1) is 17.6. The minimum absolute atomic E-state index is 0.0927. The van der Waals surface area contributed by atoms with Crippen molar-refractivity contribution in [2.45, 2.75) is 19.4 Å². The van der Waals surface area contributed by atoms with Gasteiger partial charge in [-0.3, -0.25) is 14.5 Å². The van der Waals surface area contributed by atoms with Crippen molar-refractivity contribution in [2.75, 3.05) is 12.0 Å². The second-order valence-electron chi connectivity index (χ2n) is 5.71. The Hall–Kier alpha value is -3.22. The molecule has 0 radical (unpaired) electrons. The van der Waals surface area contributed by atoms with Crippen molar-refractivity contribution in [1.29, 1.82) is 0 Å². The van der Waals surface area contributed by atoms with Gasteiger partial charge in [0.15, 0.2) is 11.6 Å². The quantitative estimate of drug-likeness (QED) is 0.608. The number of amides is 2. The van der Waals surface area contributed by atoms with E-state index in [-0.39, 0.29) is 42.6 Å². The Morgan fingerprint density at radius 1 is 1.08 bits per heavy atom. The predicted molar refractivity (Wildman–Crippen MR) is 90.2 cm³/mol. The van der Waals surface area contributed by atoms with E-state index >= 15 is 0 Å². The van der Waals surface area contributed by atoms with Crippen molar-refractivity contribution in [3.63, 3.8) is 0 Å². The Bertz CT molecular complexity index is 847. The highest BCUT2D eigenvalue weighted by Crippen LogP contribution is 2.23. The third-order valence-electron chi connectivity index (χ3n) is 4.00. The first-order chi connectivity index (χ1) is 12.5. The molecule has 0 aromatic heterocycles. The van der Waals surface area contributed by atoms with Gasteiger partial charge >= 0.3 is 5.97 Å². The maximum absolute atomic E-state index is 13.6. The summed E-state index contributed by atoms with van der Waals surface area (Å²) < 4.78 is 23.6. The molecule has 0 atom stereocenters. The summed E-state index contributed by atoms with van der Waals surface area (Å²) in [6.45, 7) is -0.0927. The Labute approximate surface area is 149 Å². The first-order valence-electron chi connectivity index (χ1n) is 7.95. The van der Waals surface area contributed by atoms with Gasteiger partial charge in [-0.15, -0.1) is 0 Å². The van der Waals surface area contributed by atoms with Crippen LogP contribution >= 0.6 is 0 Å². The van der Waals surface area contributed by atoms with Gasteiger partial charge in [0.2, 0.25) is 11.8 Å². The van der Waals surface area contributed by atoms with Crippen LogP contribution in [0.3, 0.4) is 0 Å². The van der Waals surface area contributed by atoms with Crippen LogP contribution in [0.25, 0.3) is 0 Å². The number of carbonyl (C=O) groups excluding carboxylic acids is 3. The lowest BCUT2D eigenvalue weighted by Crippen LogP contribution is -2.28. The maximum atomic E-state index is 13.6. The SMILES string of the molecule is COc1ccc(COC(=O)c2ccc(N3C(=O)CCC3=O)cc2)cc1F. The van der Waals surface area contributed by atoms with Gasteiger partial charge in [-0.05, 0) is 42.0 Å². The predicted octanol–water partition coefficient (Wildman–Crippen LogP) is 2.84. The fourth-order valence-electron chi connectivity index (χ4n) is 2.64. The molecule has 134 valence electrons. The maximum Gasteiger partial charge on any atom is 0.338 e. The van der Waals surface area contributed by atoms with Gasteiger partial charge in [0.1, 0.15) is 6.61 Å². The number of carbonyl (C=O) groups is 3. The molecular formula is C19H16FNO5. The van der Waals surface area contributed by atoms with Crippen LogP contribution in [0.2, 0.25) is 0 Å². The molecule has 6 nitrogen and oxygen atoms in total. The minimum Gasteiger partial charge on any atom is -0.494 e. The van der Waals surface area contributed by atoms with E-state index < -0.39 is 11.8 Å². The zero-order valence-electron chi connectivity index (χ0n) is 14.0. The summed E-state index contributed by atoms with van der Waals surface area (Å²) in [5, 5.41) is 0. The molecule has 0 saturated carbocycles. The molecule has 2 aromatic carbocycles. The second kappa shape index (κ2) is 7.35. The highest BCUT2D eigenvalue weighted by Gasteiger charge is 2.30. The average molecular weight is 357 g/mol. The fraction of sp³-hybridized carbons (Fsp3) is 0.211. The van der Waals surface area contributed by atoms with E-state index in [0.29, 0.717) is 11.3 Å². The molecule has 26 heavy (non-hydrogen) atoms. The number of esters is 1. The molecule has 0 bridgehead atoms. The highest BCUT2D eigenvalue weighted by molar-refractivity contribution is 6.19. The summed E-state index contributed by atoms with van der Waals surface area (Å²) in [5.41, 5.74) is 1.18. The van der Waals surface area contributed by atoms with Gasteiger partial charge in [-0.1, -0.05) is 6.07 Å². The molecule has 0 spiro atoms. The van der Waals surface area contributed by atoms with E-state index in [2.05, 4.69) is 0 Å². The Kier molecular flexibility index (Phi) is 4.97.